The van der Waals surface area contributed by atoms with Crippen LogP contribution in [0.3, 0.4) is 0 Å². The van der Waals surface area contributed by atoms with Gasteiger partial charge >= 0.3 is 0 Å². The Morgan fingerprint density at radius 1 is 1.24 bits per heavy atom. The third-order valence-electron chi connectivity index (χ3n) is 4.74. The predicted molar refractivity (Wildman–Crippen MR) is 78.7 cm³/mol. The van der Waals surface area contributed by atoms with Crippen LogP contribution in [-0.2, 0) is 16.0 Å². The Morgan fingerprint density at radius 3 is 2.81 bits per heavy atom. The SMILES string of the molecule is C[C@@H]1c2[nH]c3ccccc3c2CC2C(=O)N(C)CC(=O)N21. The second kappa shape index (κ2) is 4.10. The van der Waals surface area contributed by atoms with Gasteiger partial charge in [-0.2, -0.15) is 0 Å². The lowest BCUT2D eigenvalue weighted by molar-refractivity contribution is -0.157. The quantitative estimate of drug-likeness (QED) is 0.795. The number of hydrogen-bond donors (Lipinski definition) is 1. The van der Waals surface area contributed by atoms with E-state index in [9.17, 15) is 9.59 Å². The van der Waals surface area contributed by atoms with Crippen molar-refractivity contribution in [1.29, 1.82) is 0 Å². The number of H-pyrrole nitrogens is 1. The number of fused-ring (bicyclic) bond motifs is 4. The minimum Gasteiger partial charge on any atom is -0.356 e. The molecule has 0 saturated carbocycles. The molecule has 0 bridgehead atoms. The lowest BCUT2D eigenvalue weighted by Crippen LogP contribution is -2.61. The first-order valence-corrected chi connectivity index (χ1v) is 7.23. The molecule has 1 saturated heterocycles. The molecule has 4 rings (SSSR count). The first kappa shape index (κ1) is 12.4. The second-order valence-corrected chi connectivity index (χ2v) is 5.95. The highest BCUT2D eigenvalue weighted by Crippen LogP contribution is 2.38. The molecule has 5 nitrogen and oxygen atoms in total. The zero-order valence-electron chi connectivity index (χ0n) is 12.1. The summed E-state index contributed by atoms with van der Waals surface area (Å²) in [5.74, 6) is 0.0660. The van der Waals surface area contributed by atoms with Crippen molar-refractivity contribution in [1.82, 2.24) is 14.8 Å². The number of nitrogens with one attached hydrogen (secondary N) is 1. The summed E-state index contributed by atoms with van der Waals surface area (Å²) in [6.07, 6.45) is 0.596. The smallest absolute Gasteiger partial charge is 0.245 e. The number of aromatic nitrogens is 1. The van der Waals surface area contributed by atoms with Gasteiger partial charge in [0.1, 0.15) is 6.04 Å². The first-order chi connectivity index (χ1) is 10.1. The molecular formula is C16H17N3O2. The summed E-state index contributed by atoms with van der Waals surface area (Å²) < 4.78 is 0. The highest BCUT2D eigenvalue weighted by molar-refractivity contribution is 5.97. The van der Waals surface area contributed by atoms with Gasteiger partial charge in [0.15, 0.2) is 0 Å². The number of likely N-dealkylation sites (N-methyl/N-ethyl adjacent to an activating group) is 1. The van der Waals surface area contributed by atoms with E-state index in [1.165, 1.54) is 10.5 Å². The second-order valence-electron chi connectivity index (χ2n) is 5.95. The van der Waals surface area contributed by atoms with Crippen LogP contribution >= 0.6 is 0 Å². The number of carbonyl (C=O) groups excluding carboxylic acids is 2. The molecule has 2 aromatic rings. The van der Waals surface area contributed by atoms with Gasteiger partial charge in [0.05, 0.1) is 12.6 Å². The number of aromatic amines is 1. The predicted octanol–water partition coefficient (Wildman–Crippen LogP) is 1.45. The Morgan fingerprint density at radius 2 is 2.00 bits per heavy atom. The standard InChI is InChI=1S/C16H17N3O2/c1-9-15-11(10-5-3-4-6-12(10)17-15)7-13-16(21)18(2)8-14(20)19(9)13/h3-6,9,13,17H,7-8H2,1-2H3/t9-,13?/m1/s1. The number of carbonyl (C=O) groups is 2. The average Bonchev–Trinajstić information content (AvgIpc) is 2.84. The maximum absolute atomic E-state index is 12.4. The van der Waals surface area contributed by atoms with Crippen molar-refractivity contribution in [3.05, 3.63) is 35.5 Å². The maximum atomic E-state index is 12.4. The summed E-state index contributed by atoms with van der Waals surface area (Å²) >= 11 is 0. The highest BCUT2D eigenvalue weighted by atomic mass is 16.2. The number of rotatable bonds is 0. The minimum atomic E-state index is -0.363. The molecule has 21 heavy (non-hydrogen) atoms. The molecule has 1 aromatic heterocycles. The van der Waals surface area contributed by atoms with Gasteiger partial charge in [-0.3, -0.25) is 9.59 Å². The van der Waals surface area contributed by atoms with Crippen LogP contribution in [0.25, 0.3) is 10.9 Å². The summed E-state index contributed by atoms with van der Waals surface area (Å²) in [4.78, 5) is 31.5. The largest absolute Gasteiger partial charge is 0.356 e. The molecule has 1 fully saturated rings. The van der Waals surface area contributed by atoms with E-state index in [4.69, 9.17) is 0 Å². The van der Waals surface area contributed by atoms with E-state index >= 15 is 0 Å². The third-order valence-corrected chi connectivity index (χ3v) is 4.74. The molecule has 1 N–H and O–H groups in total. The van der Waals surface area contributed by atoms with Crippen LogP contribution < -0.4 is 0 Å². The van der Waals surface area contributed by atoms with Crippen molar-refractivity contribution >= 4 is 22.7 Å². The number of amides is 2. The fourth-order valence-electron chi connectivity index (χ4n) is 3.71. The monoisotopic (exact) mass is 283 g/mol. The van der Waals surface area contributed by atoms with E-state index in [0.29, 0.717) is 6.42 Å². The van der Waals surface area contributed by atoms with Crippen LogP contribution in [-0.4, -0.2) is 46.2 Å². The minimum absolute atomic E-state index is 0.0268. The van der Waals surface area contributed by atoms with Crippen molar-refractivity contribution < 1.29 is 9.59 Å². The van der Waals surface area contributed by atoms with Gasteiger partial charge < -0.3 is 14.8 Å². The van der Waals surface area contributed by atoms with E-state index < -0.39 is 0 Å². The summed E-state index contributed by atoms with van der Waals surface area (Å²) in [6.45, 7) is 2.17. The Hall–Kier alpha value is -2.30. The van der Waals surface area contributed by atoms with Gasteiger partial charge in [-0.25, -0.2) is 0 Å². The molecule has 2 aliphatic rings. The molecule has 0 radical (unpaired) electrons. The molecular weight excluding hydrogens is 266 g/mol. The fraction of sp³-hybridized carbons (Fsp3) is 0.375. The molecule has 108 valence electrons. The van der Waals surface area contributed by atoms with Gasteiger partial charge in [-0.1, -0.05) is 18.2 Å². The number of hydrogen-bond acceptors (Lipinski definition) is 2. The van der Waals surface area contributed by atoms with Crippen LogP contribution in [0.15, 0.2) is 24.3 Å². The van der Waals surface area contributed by atoms with Crippen LogP contribution in [0.1, 0.15) is 24.2 Å². The molecule has 5 heteroatoms. The first-order valence-electron chi connectivity index (χ1n) is 7.23. The van der Waals surface area contributed by atoms with Crippen molar-refractivity contribution in [2.75, 3.05) is 13.6 Å². The van der Waals surface area contributed by atoms with Gasteiger partial charge in [-0.15, -0.1) is 0 Å². The molecule has 2 amide bonds. The summed E-state index contributed by atoms with van der Waals surface area (Å²) in [5, 5.41) is 1.16. The van der Waals surface area contributed by atoms with Crippen LogP contribution in [0.2, 0.25) is 0 Å². The summed E-state index contributed by atoms with van der Waals surface area (Å²) in [5.41, 5.74) is 3.32. The lowest BCUT2D eigenvalue weighted by atomic mass is 9.90. The molecule has 1 aromatic carbocycles. The molecule has 3 heterocycles. The maximum Gasteiger partial charge on any atom is 0.245 e. The van der Waals surface area contributed by atoms with E-state index in [0.717, 1.165) is 16.6 Å². The third kappa shape index (κ3) is 1.57. The zero-order chi connectivity index (χ0) is 14.7. The van der Waals surface area contributed by atoms with E-state index in [1.807, 2.05) is 25.1 Å². The molecule has 2 atom stereocenters. The molecule has 0 spiro atoms. The number of para-hydroxylation sites is 1. The number of piperazine rings is 1. The van der Waals surface area contributed by atoms with E-state index in [2.05, 4.69) is 11.1 Å². The average molecular weight is 283 g/mol. The molecule has 2 aliphatic heterocycles. The van der Waals surface area contributed by atoms with Gasteiger partial charge in [-0.05, 0) is 18.6 Å². The zero-order valence-corrected chi connectivity index (χ0v) is 12.1. The van der Waals surface area contributed by atoms with E-state index in [1.54, 1.807) is 11.9 Å². The lowest BCUT2D eigenvalue weighted by Gasteiger charge is -2.45. The van der Waals surface area contributed by atoms with Crippen molar-refractivity contribution in [2.24, 2.45) is 0 Å². The fourth-order valence-corrected chi connectivity index (χ4v) is 3.71. The molecule has 0 aliphatic carbocycles. The van der Waals surface area contributed by atoms with Gasteiger partial charge in [0.2, 0.25) is 11.8 Å². The topological polar surface area (TPSA) is 56.4 Å². The summed E-state index contributed by atoms with van der Waals surface area (Å²) in [7, 11) is 1.70. The van der Waals surface area contributed by atoms with Crippen molar-refractivity contribution in [3.8, 4) is 0 Å². The molecule has 1 unspecified atom stereocenters. The Balaban J connectivity index is 1.90. The van der Waals surface area contributed by atoms with Crippen LogP contribution in [0, 0.1) is 0 Å². The van der Waals surface area contributed by atoms with Crippen molar-refractivity contribution in [3.63, 3.8) is 0 Å². The van der Waals surface area contributed by atoms with Crippen LogP contribution in [0.5, 0.6) is 0 Å². The van der Waals surface area contributed by atoms with Crippen LogP contribution in [0.4, 0.5) is 0 Å². The Labute approximate surface area is 122 Å². The van der Waals surface area contributed by atoms with Gasteiger partial charge in [0, 0.05) is 30.1 Å². The Bertz CT molecular complexity index is 764. The van der Waals surface area contributed by atoms with Gasteiger partial charge in [0.25, 0.3) is 0 Å². The van der Waals surface area contributed by atoms with Crippen molar-refractivity contribution in [2.45, 2.75) is 25.4 Å². The van der Waals surface area contributed by atoms with E-state index in [-0.39, 0.29) is 30.4 Å². The highest BCUT2D eigenvalue weighted by Gasteiger charge is 2.45. The number of benzene rings is 1. The number of nitrogens with zero attached hydrogens (tertiary/aromatic N) is 2. The normalized spacial score (nSPS) is 25.2. The summed E-state index contributed by atoms with van der Waals surface area (Å²) in [6, 6.07) is 7.66. The Kier molecular flexibility index (Phi) is 2.43.